The highest BCUT2D eigenvalue weighted by atomic mass is 16.5. The van der Waals surface area contributed by atoms with Crippen LogP contribution in [0, 0.1) is 0 Å². The van der Waals surface area contributed by atoms with Crippen molar-refractivity contribution < 1.29 is 9.53 Å². The van der Waals surface area contributed by atoms with Gasteiger partial charge in [-0.2, -0.15) is 0 Å². The lowest BCUT2D eigenvalue weighted by atomic mass is 10.3. The second-order valence-corrected chi connectivity index (χ2v) is 4.88. The van der Waals surface area contributed by atoms with Crippen molar-refractivity contribution in [3.8, 4) is 0 Å². The minimum atomic E-state index is 0.257. The van der Waals surface area contributed by atoms with Crippen molar-refractivity contribution in [3.05, 3.63) is 0 Å². The zero-order chi connectivity index (χ0) is 14.1. The minimum Gasteiger partial charge on any atom is -0.380 e. The number of ether oxygens (including phenoxy) is 1. The van der Waals surface area contributed by atoms with E-state index in [4.69, 9.17) is 4.74 Å². The normalized spacial score (nSPS) is 17.6. The molecule has 0 unspecified atom stereocenters. The first kappa shape index (κ1) is 16.4. The molecule has 1 saturated heterocycles. The van der Waals surface area contributed by atoms with E-state index < -0.39 is 0 Å². The molecule has 1 amide bonds. The van der Waals surface area contributed by atoms with Crippen molar-refractivity contribution in [2.75, 3.05) is 65.6 Å². The van der Waals surface area contributed by atoms with E-state index in [2.05, 4.69) is 9.80 Å². The summed E-state index contributed by atoms with van der Waals surface area (Å²) in [6, 6.07) is 0. The third-order valence-electron chi connectivity index (χ3n) is 3.70. The lowest BCUT2D eigenvalue weighted by molar-refractivity contribution is -0.132. The summed E-state index contributed by atoms with van der Waals surface area (Å²) in [4.78, 5) is 18.6. The molecule has 1 heterocycles. The molecule has 5 heteroatoms. The summed E-state index contributed by atoms with van der Waals surface area (Å²) in [6.07, 6.45) is 0. The zero-order valence-corrected chi connectivity index (χ0v) is 12.7. The number of carbonyl (C=O) groups is 1. The average molecular weight is 271 g/mol. The summed E-state index contributed by atoms with van der Waals surface area (Å²) < 4.78 is 5.37. The molecule has 0 atom stereocenters. The molecular formula is C14H29N3O2. The van der Waals surface area contributed by atoms with Crippen LogP contribution < -0.4 is 0 Å². The number of likely N-dealkylation sites (N-methyl/N-ethyl adjacent to an activating group) is 1. The van der Waals surface area contributed by atoms with Gasteiger partial charge in [-0.15, -0.1) is 0 Å². The number of carbonyl (C=O) groups excluding carboxylic acids is 1. The van der Waals surface area contributed by atoms with E-state index in [1.165, 1.54) is 0 Å². The van der Waals surface area contributed by atoms with Crippen molar-refractivity contribution in [3.63, 3.8) is 0 Å². The van der Waals surface area contributed by atoms with Gasteiger partial charge in [-0.1, -0.05) is 0 Å². The quantitative estimate of drug-likeness (QED) is 0.603. The van der Waals surface area contributed by atoms with Gasteiger partial charge in [0.15, 0.2) is 0 Å². The summed E-state index contributed by atoms with van der Waals surface area (Å²) in [5.74, 6) is 0.257. The minimum absolute atomic E-state index is 0.257. The summed E-state index contributed by atoms with van der Waals surface area (Å²) in [6.45, 7) is 14.9. The second-order valence-electron chi connectivity index (χ2n) is 4.88. The fourth-order valence-corrected chi connectivity index (χ4v) is 2.38. The Morgan fingerprint density at radius 3 is 2.16 bits per heavy atom. The van der Waals surface area contributed by atoms with E-state index in [1.807, 2.05) is 25.7 Å². The highest BCUT2D eigenvalue weighted by molar-refractivity contribution is 5.78. The topological polar surface area (TPSA) is 36.0 Å². The standard InChI is InChI=1S/C14H29N3O2/c1-4-17(5-2)14(18)13-16-9-7-15(8-10-16)11-12-19-6-3/h4-13H2,1-3H3. The monoisotopic (exact) mass is 271 g/mol. The Balaban J connectivity index is 2.20. The second kappa shape index (κ2) is 9.28. The lowest BCUT2D eigenvalue weighted by Gasteiger charge is -2.35. The van der Waals surface area contributed by atoms with E-state index in [-0.39, 0.29) is 5.91 Å². The van der Waals surface area contributed by atoms with Crippen molar-refractivity contribution in [2.45, 2.75) is 20.8 Å². The molecule has 0 aliphatic carbocycles. The lowest BCUT2D eigenvalue weighted by Crippen LogP contribution is -2.50. The van der Waals surface area contributed by atoms with Gasteiger partial charge in [0.25, 0.3) is 0 Å². The van der Waals surface area contributed by atoms with Crippen LogP contribution in [0.3, 0.4) is 0 Å². The predicted octanol–water partition coefficient (Wildman–Crippen LogP) is 0.509. The number of piperazine rings is 1. The van der Waals surface area contributed by atoms with Crippen molar-refractivity contribution in [1.29, 1.82) is 0 Å². The van der Waals surface area contributed by atoms with E-state index >= 15 is 0 Å². The van der Waals surface area contributed by atoms with Crippen LogP contribution in [-0.4, -0.2) is 86.2 Å². The number of rotatable bonds is 8. The van der Waals surface area contributed by atoms with E-state index in [9.17, 15) is 4.79 Å². The summed E-state index contributed by atoms with van der Waals surface area (Å²) >= 11 is 0. The maximum absolute atomic E-state index is 12.0. The number of nitrogens with zero attached hydrogens (tertiary/aromatic N) is 3. The van der Waals surface area contributed by atoms with Gasteiger partial charge in [0.05, 0.1) is 13.2 Å². The Labute approximate surface area is 117 Å². The fraction of sp³-hybridized carbons (Fsp3) is 0.929. The van der Waals surface area contributed by atoms with Gasteiger partial charge in [0.1, 0.15) is 0 Å². The molecule has 112 valence electrons. The summed E-state index contributed by atoms with van der Waals surface area (Å²) in [7, 11) is 0. The van der Waals surface area contributed by atoms with Gasteiger partial charge in [-0.05, 0) is 20.8 Å². The fourth-order valence-electron chi connectivity index (χ4n) is 2.38. The third-order valence-corrected chi connectivity index (χ3v) is 3.70. The molecule has 0 aromatic heterocycles. The van der Waals surface area contributed by atoms with Gasteiger partial charge >= 0.3 is 0 Å². The molecule has 1 aliphatic rings. The zero-order valence-electron chi connectivity index (χ0n) is 12.7. The molecule has 0 aromatic rings. The Kier molecular flexibility index (Phi) is 8.02. The molecular weight excluding hydrogens is 242 g/mol. The maximum Gasteiger partial charge on any atom is 0.236 e. The molecule has 19 heavy (non-hydrogen) atoms. The van der Waals surface area contributed by atoms with Gasteiger partial charge in [-0.25, -0.2) is 0 Å². The van der Waals surface area contributed by atoms with Crippen molar-refractivity contribution >= 4 is 5.91 Å². The Bertz CT molecular complexity index is 249. The van der Waals surface area contributed by atoms with Crippen LogP contribution in [0.15, 0.2) is 0 Å². The smallest absolute Gasteiger partial charge is 0.236 e. The number of amides is 1. The van der Waals surface area contributed by atoms with Crippen LogP contribution in [0.2, 0.25) is 0 Å². The molecule has 0 N–H and O–H groups in total. The number of hydrogen-bond donors (Lipinski definition) is 0. The largest absolute Gasteiger partial charge is 0.380 e. The van der Waals surface area contributed by atoms with Crippen LogP contribution in [0.1, 0.15) is 20.8 Å². The van der Waals surface area contributed by atoms with Crippen molar-refractivity contribution in [2.24, 2.45) is 0 Å². The van der Waals surface area contributed by atoms with Crippen LogP contribution in [-0.2, 0) is 9.53 Å². The SMILES string of the molecule is CCOCCN1CCN(CC(=O)N(CC)CC)CC1. The molecule has 0 saturated carbocycles. The first-order chi connectivity index (χ1) is 9.21. The Hall–Kier alpha value is -0.650. The molecule has 1 fully saturated rings. The van der Waals surface area contributed by atoms with Gasteiger partial charge in [-0.3, -0.25) is 14.6 Å². The molecule has 0 radical (unpaired) electrons. The van der Waals surface area contributed by atoms with Gasteiger partial charge in [0.2, 0.25) is 5.91 Å². The molecule has 0 spiro atoms. The third kappa shape index (κ3) is 5.89. The van der Waals surface area contributed by atoms with Gasteiger partial charge < -0.3 is 9.64 Å². The Morgan fingerprint density at radius 1 is 1.05 bits per heavy atom. The van der Waals surface area contributed by atoms with E-state index in [0.29, 0.717) is 6.54 Å². The van der Waals surface area contributed by atoms with E-state index in [0.717, 1.165) is 59.0 Å². The highest BCUT2D eigenvalue weighted by Crippen LogP contribution is 2.02. The van der Waals surface area contributed by atoms with Crippen molar-refractivity contribution in [1.82, 2.24) is 14.7 Å². The first-order valence-corrected chi connectivity index (χ1v) is 7.51. The molecule has 1 aliphatic heterocycles. The Morgan fingerprint density at radius 2 is 1.63 bits per heavy atom. The maximum atomic E-state index is 12.0. The van der Waals surface area contributed by atoms with Crippen LogP contribution in [0.4, 0.5) is 0 Å². The molecule has 0 aromatic carbocycles. The van der Waals surface area contributed by atoms with E-state index in [1.54, 1.807) is 0 Å². The highest BCUT2D eigenvalue weighted by Gasteiger charge is 2.20. The van der Waals surface area contributed by atoms with Crippen LogP contribution in [0.25, 0.3) is 0 Å². The first-order valence-electron chi connectivity index (χ1n) is 7.51. The summed E-state index contributed by atoms with van der Waals surface area (Å²) in [5, 5.41) is 0. The molecule has 0 bridgehead atoms. The number of hydrogen-bond acceptors (Lipinski definition) is 4. The van der Waals surface area contributed by atoms with Crippen LogP contribution >= 0.6 is 0 Å². The van der Waals surface area contributed by atoms with Crippen LogP contribution in [0.5, 0.6) is 0 Å². The van der Waals surface area contributed by atoms with Gasteiger partial charge in [0, 0.05) is 52.4 Å². The molecule has 1 rings (SSSR count). The predicted molar refractivity (Wildman–Crippen MR) is 77.3 cm³/mol. The average Bonchev–Trinajstić information content (AvgIpc) is 2.42. The molecule has 5 nitrogen and oxygen atoms in total. The summed E-state index contributed by atoms with van der Waals surface area (Å²) in [5.41, 5.74) is 0.